The fourth-order valence-corrected chi connectivity index (χ4v) is 10.3. The molecule has 0 aliphatic carbocycles. The van der Waals surface area contributed by atoms with E-state index < -0.39 is 12.1 Å². The first-order valence-corrected chi connectivity index (χ1v) is 25.2. The van der Waals surface area contributed by atoms with Crippen LogP contribution >= 0.6 is 32.9 Å². The molecule has 1 aliphatic rings. The van der Waals surface area contributed by atoms with E-state index in [1.165, 1.54) is 11.3 Å². The smallest absolute Gasteiger partial charge is 0.270 e. The number of benzene rings is 1. The lowest BCUT2D eigenvalue weighted by molar-refractivity contribution is -0.141. The second-order valence-electron chi connectivity index (χ2n) is 16.7. The first kappa shape index (κ1) is 50.1. The quantitative estimate of drug-likeness (QED) is 0.0569. The fraction of sp³-hybridized carbons (Fsp3) is 0.609. The Morgan fingerprint density at radius 3 is 2.43 bits per heavy atom. The maximum atomic E-state index is 14.4. The van der Waals surface area contributed by atoms with Gasteiger partial charge in [0.25, 0.3) is 5.91 Å². The Balaban J connectivity index is 1.43. The number of carbonyl (C=O) groups is 4. The van der Waals surface area contributed by atoms with Crippen LogP contribution in [0.5, 0.6) is 0 Å². The Morgan fingerprint density at radius 1 is 1.00 bits per heavy atom. The molecule has 1 saturated heterocycles. The van der Waals surface area contributed by atoms with Crippen LogP contribution in [0.4, 0.5) is 0 Å². The minimum atomic E-state index is -0.650. The zero-order chi connectivity index (χ0) is 44.3. The molecule has 3 N–H and O–H groups in total. The van der Waals surface area contributed by atoms with Crippen LogP contribution in [-0.2, 0) is 25.5 Å². The van der Waals surface area contributed by atoms with Crippen LogP contribution in [0, 0.1) is 17.8 Å². The first-order valence-electron chi connectivity index (χ1n) is 22.0. The molecule has 2 unspecified atom stereocenters. The van der Waals surface area contributed by atoms with Crippen molar-refractivity contribution in [2.75, 3.05) is 39.5 Å². The van der Waals surface area contributed by atoms with Crippen molar-refractivity contribution in [1.29, 1.82) is 0 Å². The summed E-state index contributed by atoms with van der Waals surface area (Å²) >= 11 is 1.38. The van der Waals surface area contributed by atoms with Crippen LogP contribution in [0.2, 0.25) is 0 Å². The molecule has 12 nitrogen and oxygen atoms in total. The van der Waals surface area contributed by atoms with Crippen molar-refractivity contribution in [3.63, 3.8) is 0 Å². The second-order valence-corrected chi connectivity index (χ2v) is 20.0. The van der Waals surface area contributed by atoms with Gasteiger partial charge in [-0.15, -0.1) is 11.3 Å². The molecule has 0 spiro atoms. The van der Waals surface area contributed by atoms with Gasteiger partial charge < -0.3 is 25.6 Å². The first-order chi connectivity index (χ1) is 29.3. The lowest BCUT2D eigenvalue weighted by Gasteiger charge is -2.38. The number of hydrogen-bond acceptors (Lipinski definition) is 11. The number of ether oxygens (including phenoxy) is 1. The molecule has 0 radical (unpaired) electrons. The highest BCUT2D eigenvalue weighted by Gasteiger charge is 2.37. The number of rotatable bonds is 25. The lowest BCUT2D eigenvalue weighted by atomic mass is 9.92. The van der Waals surface area contributed by atoms with Crippen LogP contribution in [0.15, 0.2) is 65.1 Å². The molecule has 1 aromatic carbocycles. The normalized spacial score (nSPS) is 17.4. The van der Waals surface area contributed by atoms with Gasteiger partial charge in [-0.05, 0) is 86.0 Å². The number of amides is 4. The van der Waals surface area contributed by atoms with Gasteiger partial charge in [-0.1, -0.05) is 102 Å². The van der Waals surface area contributed by atoms with Gasteiger partial charge in [-0.25, -0.2) is 9.97 Å². The third-order valence-electron chi connectivity index (χ3n) is 11.5. The predicted molar refractivity (Wildman–Crippen MR) is 250 cm³/mol. The number of hydrogen-bond donors (Lipinski definition) is 3. The van der Waals surface area contributed by atoms with E-state index in [1.807, 2.05) is 90.3 Å². The number of aromatic nitrogens is 2. The highest BCUT2D eigenvalue weighted by atomic mass is 33.1. The van der Waals surface area contributed by atoms with Crippen LogP contribution < -0.4 is 16.0 Å². The van der Waals surface area contributed by atoms with Crippen molar-refractivity contribution in [3.05, 3.63) is 76.4 Å². The number of carbonyl (C=O) groups excluding carboxylic acids is 4. The summed E-state index contributed by atoms with van der Waals surface area (Å²) in [5.41, 5.74) is 1.35. The molecule has 4 amide bonds. The number of likely N-dealkylation sites (tertiary alicyclic amines) is 1. The fourth-order valence-electron chi connectivity index (χ4n) is 7.63. The van der Waals surface area contributed by atoms with E-state index in [4.69, 9.17) is 9.72 Å². The Kier molecular flexibility index (Phi) is 21.5. The lowest BCUT2D eigenvalue weighted by Crippen LogP contribution is -2.58. The summed E-state index contributed by atoms with van der Waals surface area (Å²) in [5, 5.41) is 12.8. The Hall–Kier alpha value is -3.50. The Morgan fingerprint density at radius 2 is 1.75 bits per heavy atom. The molecular formula is C46H69N7O5S3. The van der Waals surface area contributed by atoms with Gasteiger partial charge in [0.1, 0.15) is 27.9 Å². The number of thiazole rings is 1. The number of pyridine rings is 1. The van der Waals surface area contributed by atoms with E-state index >= 15 is 0 Å². The summed E-state index contributed by atoms with van der Waals surface area (Å²) in [6.45, 7) is 14.1. The van der Waals surface area contributed by atoms with Crippen molar-refractivity contribution in [1.82, 2.24) is 35.7 Å². The molecule has 3 aromatic rings. The number of likely N-dealkylation sites (N-methyl/N-ethyl adjacent to an activating group) is 2. The molecule has 15 heteroatoms. The van der Waals surface area contributed by atoms with Gasteiger partial charge in [-0.2, -0.15) is 0 Å². The standard InChI is InChI=1S/C46H69N7O5S3/c1-9-25-58-39(29-38(31(3)4)53(8)46(57)41(32(5)10-2)51-44(56)37-20-15-17-24-52(37)7)45-50-36(30-59-45)43(55)49-35(28-34-18-12-11-13-19-34)27-33(6)42(54)48-23-26-60-61-40-21-14-16-22-47-40/h11-14,16,18-19,21-22,30-33,35,37-39,41H,9-10,15,17,20,23-29H2,1-8H3,(H,48,54)(H,49,55)(H,51,56)/t32?,33-,35?,37+,38+,39+,41-/m0/s1. The molecule has 1 fully saturated rings. The Labute approximate surface area is 376 Å². The summed E-state index contributed by atoms with van der Waals surface area (Å²) in [6, 6.07) is 14.3. The third-order valence-corrected chi connectivity index (χ3v) is 14.7. The van der Waals surface area contributed by atoms with Crippen molar-refractivity contribution < 1.29 is 23.9 Å². The summed E-state index contributed by atoms with van der Waals surface area (Å²) in [7, 11) is 7.03. The van der Waals surface area contributed by atoms with E-state index in [0.29, 0.717) is 43.1 Å². The highest BCUT2D eigenvalue weighted by molar-refractivity contribution is 8.76. The molecular weight excluding hydrogens is 827 g/mol. The van der Waals surface area contributed by atoms with Crippen molar-refractivity contribution >= 4 is 56.6 Å². The zero-order valence-corrected chi connectivity index (χ0v) is 39.9. The van der Waals surface area contributed by atoms with Crippen LogP contribution in [0.25, 0.3) is 0 Å². The second kappa shape index (κ2) is 26.2. The van der Waals surface area contributed by atoms with Crippen molar-refractivity contribution in [3.8, 4) is 0 Å². The van der Waals surface area contributed by atoms with Gasteiger partial charge in [0.2, 0.25) is 17.7 Å². The molecule has 2 aromatic heterocycles. The minimum Gasteiger partial charge on any atom is -0.371 e. The predicted octanol–water partition coefficient (Wildman–Crippen LogP) is 7.82. The van der Waals surface area contributed by atoms with E-state index in [9.17, 15) is 19.2 Å². The van der Waals surface area contributed by atoms with Crippen molar-refractivity contribution in [2.24, 2.45) is 17.8 Å². The van der Waals surface area contributed by atoms with Crippen molar-refractivity contribution in [2.45, 2.75) is 128 Å². The van der Waals surface area contributed by atoms with Gasteiger partial charge in [0.05, 0.1) is 6.04 Å². The number of nitrogens with zero attached hydrogens (tertiary/aromatic N) is 4. The van der Waals surface area contributed by atoms with E-state index in [0.717, 1.165) is 55.0 Å². The van der Waals surface area contributed by atoms with Crippen LogP contribution in [0.3, 0.4) is 0 Å². The zero-order valence-electron chi connectivity index (χ0n) is 37.4. The summed E-state index contributed by atoms with van der Waals surface area (Å²) in [5.74, 6) is -0.144. The van der Waals surface area contributed by atoms with E-state index in [1.54, 1.807) is 38.1 Å². The number of nitrogens with one attached hydrogen (secondary N) is 3. The molecule has 7 atom stereocenters. The van der Waals surface area contributed by atoms with Gasteiger partial charge >= 0.3 is 0 Å². The van der Waals surface area contributed by atoms with Gasteiger partial charge in [0, 0.05) is 62.0 Å². The average Bonchev–Trinajstić information content (AvgIpc) is 3.76. The van der Waals surface area contributed by atoms with Gasteiger partial charge in [0.15, 0.2) is 0 Å². The van der Waals surface area contributed by atoms with Gasteiger partial charge in [-0.3, -0.25) is 24.1 Å². The monoisotopic (exact) mass is 895 g/mol. The molecule has 4 rings (SSSR count). The minimum absolute atomic E-state index is 0.0534. The maximum Gasteiger partial charge on any atom is 0.270 e. The highest BCUT2D eigenvalue weighted by Crippen LogP contribution is 2.32. The third kappa shape index (κ3) is 16.0. The molecule has 0 saturated carbocycles. The Bertz CT molecular complexity index is 1780. The van der Waals surface area contributed by atoms with E-state index in [2.05, 4.69) is 39.7 Å². The van der Waals surface area contributed by atoms with Crippen LogP contribution in [0.1, 0.15) is 114 Å². The summed E-state index contributed by atoms with van der Waals surface area (Å²) in [4.78, 5) is 68.1. The van der Waals surface area contributed by atoms with E-state index in [-0.39, 0.29) is 59.5 Å². The average molecular weight is 896 g/mol. The largest absolute Gasteiger partial charge is 0.371 e. The summed E-state index contributed by atoms with van der Waals surface area (Å²) < 4.78 is 6.43. The van der Waals surface area contributed by atoms with Crippen LogP contribution in [-0.4, -0.2) is 107 Å². The number of piperidine rings is 1. The molecule has 0 bridgehead atoms. The summed E-state index contributed by atoms with van der Waals surface area (Å²) in [6.07, 6.45) is 7.20. The molecule has 61 heavy (non-hydrogen) atoms. The SMILES string of the molecule is CCCO[C@H](C[C@H](C(C)C)N(C)C(=O)[C@@H](NC(=O)[C@H]1CCCCN1C)C(C)CC)c1nc(C(=O)NC(Cc2ccccc2)C[C@H](C)C(=O)NCCSSc2ccccn2)cs1. The topological polar surface area (TPSA) is 146 Å². The molecule has 3 heterocycles. The molecule has 1 aliphatic heterocycles. The maximum absolute atomic E-state index is 14.4. The molecule has 336 valence electrons.